The maximum Gasteiger partial charge on any atom is 0.329 e. The van der Waals surface area contributed by atoms with Crippen LogP contribution in [0.3, 0.4) is 0 Å². The monoisotopic (exact) mass is 963 g/mol. The first-order valence-electron chi connectivity index (χ1n) is 24.3. The number of likely N-dealkylation sites (N-methyl/N-ethyl adjacent to an activating group) is 4. The topological polar surface area (TPSA) is 186 Å². The van der Waals surface area contributed by atoms with Gasteiger partial charge in [0, 0.05) is 41.0 Å². The van der Waals surface area contributed by atoms with Crippen LogP contribution < -0.4 is 0 Å². The Hall–Kier alpha value is -5.80. The summed E-state index contributed by atoms with van der Waals surface area (Å²) in [5.41, 5.74) is 1.30. The second kappa shape index (κ2) is 26.8. The molecule has 0 N–H and O–H groups in total. The van der Waals surface area contributed by atoms with E-state index < -0.39 is 96.1 Å². The fourth-order valence-corrected chi connectivity index (χ4v) is 8.24. The third-order valence-electron chi connectivity index (χ3n) is 12.3. The summed E-state index contributed by atoms with van der Waals surface area (Å²) in [7, 11) is 5.59. The molecule has 3 rings (SSSR count). The van der Waals surface area contributed by atoms with Crippen molar-refractivity contribution < 1.29 is 57.3 Å². The summed E-state index contributed by atoms with van der Waals surface area (Å²) in [5.74, 6) is -6.85. The SMILES string of the molecule is CC(C)CC[C@H]1C(=O)O[C@H](C)C(=O)N(C)C(CC(C)C)C(=O)O[C@H](Cc2ccccc2)C(=O)N(C)[C@@H](CC(C)C)C(=O)O[C@H](C)C(=O)N(C)[C@@H](CC(C)C)C(=O)O[C@H](Cc2ccccc2)C(=O)N1C. The highest BCUT2D eigenvalue weighted by atomic mass is 16.6. The number of hydrogen-bond donors (Lipinski definition) is 0. The number of carbonyl (C=O) groups excluding carboxylic acids is 8. The normalized spacial score (nSPS) is 25.0. The molecule has 4 amide bonds. The Morgan fingerprint density at radius 2 is 0.696 bits per heavy atom. The van der Waals surface area contributed by atoms with E-state index in [4.69, 9.17) is 18.9 Å². The van der Waals surface area contributed by atoms with Crippen LogP contribution in [-0.4, -0.2) is 144 Å². The largest absolute Gasteiger partial charge is 0.451 e. The highest BCUT2D eigenvalue weighted by Crippen LogP contribution is 2.24. The molecule has 1 saturated heterocycles. The summed E-state index contributed by atoms with van der Waals surface area (Å²) < 4.78 is 23.8. The number of cyclic esters (lactones) is 4. The number of benzene rings is 2. The van der Waals surface area contributed by atoms with E-state index in [1.54, 1.807) is 60.7 Å². The fourth-order valence-electron chi connectivity index (χ4n) is 8.24. The summed E-state index contributed by atoms with van der Waals surface area (Å²) in [4.78, 5) is 120. The average molecular weight is 963 g/mol. The number of rotatable bonds is 13. The molecular formula is C53H78N4O12. The van der Waals surface area contributed by atoms with Gasteiger partial charge in [0.15, 0.2) is 24.4 Å². The molecule has 382 valence electrons. The highest BCUT2D eigenvalue weighted by molar-refractivity contribution is 5.94. The van der Waals surface area contributed by atoms with Crippen molar-refractivity contribution in [1.82, 2.24) is 19.6 Å². The lowest BCUT2D eigenvalue weighted by atomic mass is 10.00. The van der Waals surface area contributed by atoms with Crippen LogP contribution in [0.5, 0.6) is 0 Å². The van der Waals surface area contributed by atoms with E-state index in [1.807, 2.05) is 55.4 Å². The molecule has 0 spiro atoms. The number of esters is 4. The second-order valence-corrected chi connectivity index (χ2v) is 20.1. The first-order chi connectivity index (χ1) is 32.3. The number of hydrogen-bond acceptors (Lipinski definition) is 12. The first-order valence-corrected chi connectivity index (χ1v) is 24.3. The van der Waals surface area contributed by atoms with E-state index in [1.165, 1.54) is 46.9 Å². The Morgan fingerprint density at radius 3 is 1.01 bits per heavy atom. The molecule has 2 aromatic carbocycles. The summed E-state index contributed by atoms with van der Waals surface area (Å²) in [6.07, 6.45) is -5.04. The van der Waals surface area contributed by atoms with Gasteiger partial charge in [-0.15, -0.1) is 0 Å². The maximum atomic E-state index is 14.7. The van der Waals surface area contributed by atoms with Gasteiger partial charge >= 0.3 is 23.9 Å². The van der Waals surface area contributed by atoms with Crippen LogP contribution in [0, 0.1) is 23.7 Å². The Morgan fingerprint density at radius 1 is 0.406 bits per heavy atom. The minimum absolute atomic E-state index is 0.0789. The predicted octanol–water partition coefficient (Wildman–Crippen LogP) is 6.05. The minimum Gasteiger partial charge on any atom is -0.451 e. The molecule has 1 heterocycles. The van der Waals surface area contributed by atoms with Gasteiger partial charge in [-0.25, -0.2) is 19.2 Å². The molecule has 0 aliphatic carbocycles. The molecule has 0 bridgehead atoms. The van der Waals surface area contributed by atoms with Crippen molar-refractivity contribution in [1.29, 1.82) is 0 Å². The second-order valence-electron chi connectivity index (χ2n) is 20.1. The molecule has 8 atom stereocenters. The Bertz CT molecular complexity index is 2040. The van der Waals surface area contributed by atoms with Crippen LogP contribution in [0.15, 0.2) is 60.7 Å². The molecule has 1 fully saturated rings. The predicted molar refractivity (Wildman–Crippen MR) is 260 cm³/mol. The molecule has 0 aromatic heterocycles. The summed E-state index contributed by atoms with van der Waals surface area (Å²) in [5, 5.41) is 0. The number of ether oxygens (including phenoxy) is 4. The number of carbonyl (C=O) groups is 8. The van der Waals surface area contributed by atoms with E-state index in [9.17, 15) is 38.4 Å². The van der Waals surface area contributed by atoms with E-state index in [2.05, 4.69) is 0 Å². The van der Waals surface area contributed by atoms with Crippen molar-refractivity contribution in [3.05, 3.63) is 71.8 Å². The Balaban J connectivity index is 2.25. The Labute approximate surface area is 409 Å². The molecule has 0 saturated carbocycles. The fraction of sp³-hybridized carbons (Fsp3) is 0.623. The van der Waals surface area contributed by atoms with Crippen LogP contribution in [-0.2, 0) is 70.1 Å². The number of nitrogens with zero attached hydrogens (tertiary/aromatic N) is 4. The third-order valence-corrected chi connectivity index (χ3v) is 12.3. The first kappa shape index (κ1) is 57.5. The zero-order valence-electron chi connectivity index (χ0n) is 43.3. The van der Waals surface area contributed by atoms with Gasteiger partial charge in [0.25, 0.3) is 23.6 Å². The molecule has 0 radical (unpaired) electrons. The van der Waals surface area contributed by atoms with E-state index >= 15 is 0 Å². The van der Waals surface area contributed by atoms with Crippen LogP contribution in [0.2, 0.25) is 0 Å². The van der Waals surface area contributed by atoms with Gasteiger partial charge in [0.1, 0.15) is 24.2 Å². The van der Waals surface area contributed by atoms with Crippen LogP contribution in [0.25, 0.3) is 0 Å². The molecule has 1 aliphatic rings. The van der Waals surface area contributed by atoms with E-state index in [0.717, 1.165) is 14.7 Å². The maximum absolute atomic E-state index is 14.7. The molecule has 2 aromatic rings. The van der Waals surface area contributed by atoms with Crippen LogP contribution >= 0.6 is 0 Å². The average Bonchev–Trinajstić information content (AvgIpc) is 3.29. The van der Waals surface area contributed by atoms with Gasteiger partial charge < -0.3 is 38.5 Å². The van der Waals surface area contributed by atoms with E-state index in [-0.39, 0.29) is 62.2 Å². The smallest absolute Gasteiger partial charge is 0.329 e. The quantitative estimate of drug-likeness (QED) is 0.167. The molecule has 16 heteroatoms. The molecule has 1 aliphatic heterocycles. The van der Waals surface area contributed by atoms with Crippen molar-refractivity contribution in [2.45, 2.75) is 163 Å². The zero-order valence-corrected chi connectivity index (χ0v) is 43.3. The lowest BCUT2D eigenvalue weighted by Crippen LogP contribution is -2.54. The summed E-state index contributed by atoms with van der Waals surface area (Å²) in [6.45, 7) is 17.8. The molecule has 1 unspecified atom stereocenters. The van der Waals surface area contributed by atoms with Crippen molar-refractivity contribution >= 4 is 47.5 Å². The van der Waals surface area contributed by atoms with Gasteiger partial charge in [0.05, 0.1) is 0 Å². The zero-order chi connectivity index (χ0) is 51.9. The van der Waals surface area contributed by atoms with Crippen molar-refractivity contribution in [3.8, 4) is 0 Å². The summed E-state index contributed by atoms with van der Waals surface area (Å²) >= 11 is 0. The molecule has 16 nitrogen and oxygen atoms in total. The highest BCUT2D eigenvalue weighted by Gasteiger charge is 2.42. The van der Waals surface area contributed by atoms with Crippen molar-refractivity contribution in [2.75, 3.05) is 28.2 Å². The van der Waals surface area contributed by atoms with Gasteiger partial charge in [0.2, 0.25) is 0 Å². The van der Waals surface area contributed by atoms with E-state index in [0.29, 0.717) is 17.5 Å². The van der Waals surface area contributed by atoms with Gasteiger partial charge in [-0.2, -0.15) is 0 Å². The Kier molecular flexibility index (Phi) is 22.4. The van der Waals surface area contributed by atoms with Crippen molar-refractivity contribution in [3.63, 3.8) is 0 Å². The lowest BCUT2D eigenvalue weighted by Gasteiger charge is -2.35. The third kappa shape index (κ3) is 17.0. The summed E-state index contributed by atoms with van der Waals surface area (Å²) in [6, 6.07) is 12.8. The lowest BCUT2D eigenvalue weighted by molar-refractivity contribution is -0.176. The molecule has 69 heavy (non-hydrogen) atoms. The molecular weight excluding hydrogens is 885 g/mol. The van der Waals surface area contributed by atoms with Gasteiger partial charge in [-0.3, -0.25) is 19.2 Å². The minimum atomic E-state index is -1.47. The standard InChI is InChI=1S/C53H78N4O12/c1-32(2)25-26-40-50(62)66-36(9)46(58)55(12)43(29-35(7)8)53(65)69-45(31-39-23-19-16-20-24-39)49(61)57(14)41(27-33(3)4)51(63)67-37(10)47(59)56(13)42(28-34(5)6)52(64)68-44(48(60)54(40)11)30-38-21-17-15-18-22-38/h15-24,32-37,40-45H,25-31H2,1-14H3/t36-,37-,40+,41+,42+,43?,44-,45-/m1/s1. The van der Waals surface area contributed by atoms with Crippen LogP contribution in [0.4, 0.5) is 0 Å². The van der Waals surface area contributed by atoms with Crippen molar-refractivity contribution in [2.24, 2.45) is 23.7 Å². The van der Waals surface area contributed by atoms with Crippen LogP contribution in [0.1, 0.15) is 112 Å². The number of amides is 4. The van der Waals surface area contributed by atoms with Gasteiger partial charge in [-0.1, -0.05) is 116 Å². The van der Waals surface area contributed by atoms with Gasteiger partial charge in [-0.05, 0) is 80.8 Å².